The monoisotopic (exact) mass is 311 g/mol. The lowest BCUT2D eigenvalue weighted by molar-refractivity contribution is -0.124. The van der Waals surface area contributed by atoms with Gasteiger partial charge in [0.2, 0.25) is 0 Å². The lowest BCUT2D eigenvalue weighted by Crippen LogP contribution is -2.28. The number of carbonyl (C=O) groups is 2. The fraction of sp³-hybridized carbons (Fsp3) is 0.263. The van der Waals surface area contributed by atoms with E-state index in [2.05, 4.69) is 5.32 Å². The van der Waals surface area contributed by atoms with Crippen LogP contribution in [-0.2, 0) is 16.1 Å². The van der Waals surface area contributed by atoms with Gasteiger partial charge < -0.3 is 10.1 Å². The van der Waals surface area contributed by atoms with Crippen molar-refractivity contribution in [1.82, 2.24) is 5.32 Å². The Morgan fingerprint density at radius 1 is 1.00 bits per heavy atom. The van der Waals surface area contributed by atoms with Crippen LogP contribution in [0.15, 0.2) is 42.5 Å². The van der Waals surface area contributed by atoms with Crippen molar-refractivity contribution in [1.29, 1.82) is 0 Å². The van der Waals surface area contributed by atoms with Crippen molar-refractivity contribution >= 4 is 11.9 Å². The zero-order valence-corrected chi connectivity index (χ0v) is 13.7. The van der Waals surface area contributed by atoms with Gasteiger partial charge in [-0.15, -0.1) is 0 Å². The molecule has 1 amide bonds. The van der Waals surface area contributed by atoms with Gasteiger partial charge in [-0.25, -0.2) is 4.79 Å². The van der Waals surface area contributed by atoms with Gasteiger partial charge in [0.15, 0.2) is 6.61 Å². The average Bonchev–Trinajstić information content (AvgIpc) is 2.53. The minimum Gasteiger partial charge on any atom is -0.452 e. The Hall–Kier alpha value is -2.62. The van der Waals surface area contributed by atoms with Crippen LogP contribution in [0.3, 0.4) is 0 Å². The molecule has 2 aromatic carbocycles. The van der Waals surface area contributed by atoms with E-state index in [4.69, 9.17) is 4.74 Å². The first-order valence-electron chi connectivity index (χ1n) is 7.52. The van der Waals surface area contributed by atoms with E-state index >= 15 is 0 Å². The van der Waals surface area contributed by atoms with Crippen molar-refractivity contribution in [3.05, 3.63) is 70.3 Å². The summed E-state index contributed by atoms with van der Waals surface area (Å²) in [4.78, 5) is 23.7. The fourth-order valence-electron chi connectivity index (χ4n) is 2.16. The number of aryl methyl sites for hydroxylation is 3. The van der Waals surface area contributed by atoms with Gasteiger partial charge in [-0.05, 0) is 49.6 Å². The van der Waals surface area contributed by atoms with Gasteiger partial charge in [0.05, 0.1) is 5.56 Å². The molecule has 2 rings (SSSR count). The van der Waals surface area contributed by atoms with Crippen LogP contribution in [0.2, 0.25) is 0 Å². The molecule has 0 aromatic heterocycles. The van der Waals surface area contributed by atoms with Crippen LogP contribution >= 0.6 is 0 Å². The van der Waals surface area contributed by atoms with Crippen molar-refractivity contribution < 1.29 is 14.3 Å². The molecular formula is C19H21NO3. The maximum Gasteiger partial charge on any atom is 0.338 e. The third kappa shape index (κ3) is 4.95. The molecule has 2 aromatic rings. The number of ether oxygens (including phenoxy) is 1. The maximum absolute atomic E-state index is 11.9. The molecule has 0 spiro atoms. The molecule has 0 aliphatic heterocycles. The Labute approximate surface area is 136 Å². The molecular weight excluding hydrogens is 290 g/mol. The van der Waals surface area contributed by atoms with E-state index < -0.39 is 5.97 Å². The van der Waals surface area contributed by atoms with Crippen LogP contribution in [0.1, 0.15) is 32.6 Å². The second kappa shape index (κ2) is 7.58. The predicted molar refractivity (Wildman–Crippen MR) is 89.2 cm³/mol. The molecule has 0 atom stereocenters. The quantitative estimate of drug-likeness (QED) is 0.863. The van der Waals surface area contributed by atoms with Gasteiger partial charge in [0.25, 0.3) is 5.91 Å². The molecule has 0 aliphatic rings. The first-order valence-corrected chi connectivity index (χ1v) is 7.52. The van der Waals surface area contributed by atoms with Crippen molar-refractivity contribution in [3.8, 4) is 0 Å². The van der Waals surface area contributed by atoms with E-state index in [0.29, 0.717) is 12.1 Å². The Kier molecular flexibility index (Phi) is 5.52. The molecule has 120 valence electrons. The van der Waals surface area contributed by atoms with Crippen molar-refractivity contribution in [3.63, 3.8) is 0 Å². The standard InChI is InChI=1S/C19H21NO3/c1-13-5-4-6-16(9-13)11-20-18(21)12-23-19(22)17-8-7-14(2)15(3)10-17/h4-10H,11-12H2,1-3H3,(H,20,21). The van der Waals surface area contributed by atoms with E-state index in [0.717, 1.165) is 22.3 Å². The van der Waals surface area contributed by atoms with Crippen LogP contribution in [0.4, 0.5) is 0 Å². The van der Waals surface area contributed by atoms with E-state index in [-0.39, 0.29) is 12.5 Å². The summed E-state index contributed by atoms with van der Waals surface area (Å²) in [7, 11) is 0. The van der Waals surface area contributed by atoms with Crippen LogP contribution in [0, 0.1) is 20.8 Å². The van der Waals surface area contributed by atoms with Gasteiger partial charge in [-0.1, -0.05) is 35.9 Å². The molecule has 0 saturated heterocycles. The molecule has 23 heavy (non-hydrogen) atoms. The number of benzene rings is 2. The van der Waals surface area contributed by atoms with E-state index in [1.54, 1.807) is 12.1 Å². The molecule has 0 unspecified atom stereocenters. The highest BCUT2D eigenvalue weighted by atomic mass is 16.5. The molecule has 0 bridgehead atoms. The lowest BCUT2D eigenvalue weighted by Gasteiger charge is -2.08. The summed E-state index contributed by atoms with van der Waals surface area (Å²) < 4.78 is 5.05. The van der Waals surface area contributed by atoms with Crippen LogP contribution in [0.5, 0.6) is 0 Å². The normalized spacial score (nSPS) is 10.2. The second-order valence-electron chi connectivity index (χ2n) is 5.64. The highest BCUT2D eigenvalue weighted by Crippen LogP contribution is 2.10. The molecule has 1 N–H and O–H groups in total. The third-order valence-corrected chi connectivity index (χ3v) is 3.65. The molecule has 0 fully saturated rings. The van der Waals surface area contributed by atoms with Crippen LogP contribution in [0.25, 0.3) is 0 Å². The third-order valence-electron chi connectivity index (χ3n) is 3.65. The second-order valence-corrected chi connectivity index (χ2v) is 5.64. The highest BCUT2D eigenvalue weighted by molar-refractivity contribution is 5.91. The van der Waals surface area contributed by atoms with E-state index in [1.165, 1.54) is 0 Å². The molecule has 4 heteroatoms. The summed E-state index contributed by atoms with van der Waals surface area (Å²) in [6.45, 7) is 6.04. The Morgan fingerprint density at radius 2 is 1.78 bits per heavy atom. The minimum atomic E-state index is -0.487. The average molecular weight is 311 g/mol. The number of esters is 1. The molecule has 0 aliphatic carbocycles. The zero-order chi connectivity index (χ0) is 16.8. The molecule has 0 radical (unpaired) electrons. The lowest BCUT2D eigenvalue weighted by atomic mass is 10.1. The fourth-order valence-corrected chi connectivity index (χ4v) is 2.16. The van der Waals surface area contributed by atoms with Gasteiger partial charge in [-0.3, -0.25) is 4.79 Å². The minimum absolute atomic E-state index is 0.280. The number of hydrogen-bond acceptors (Lipinski definition) is 3. The number of rotatable bonds is 5. The van der Waals surface area contributed by atoms with Gasteiger partial charge in [0.1, 0.15) is 0 Å². The van der Waals surface area contributed by atoms with E-state index in [1.807, 2.05) is 51.1 Å². The topological polar surface area (TPSA) is 55.4 Å². The van der Waals surface area contributed by atoms with Crippen molar-refractivity contribution in [2.75, 3.05) is 6.61 Å². The summed E-state index contributed by atoms with van der Waals surface area (Å²) in [5.41, 5.74) is 4.73. The maximum atomic E-state index is 11.9. The first kappa shape index (κ1) is 16.7. The number of nitrogens with one attached hydrogen (secondary N) is 1. The van der Waals surface area contributed by atoms with Crippen LogP contribution < -0.4 is 5.32 Å². The molecule has 0 heterocycles. The number of hydrogen-bond donors (Lipinski definition) is 1. The summed E-state index contributed by atoms with van der Waals surface area (Å²) in [5, 5.41) is 2.74. The number of amides is 1. The summed E-state index contributed by atoms with van der Waals surface area (Å²) in [6, 6.07) is 13.2. The number of carbonyl (C=O) groups excluding carboxylic acids is 2. The van der Waals surface area contributed by atoms with Crippen LogP contribution in [-0.4, -0.2) is 18.5 Å². The summed E-state index contributed by atoms with van der Waals surface area (Å²) in [5.74, 6) is -0.803. The van der Waals surface area contributed by atoms with Crippen molar-refractivity contribution in [2.45, 2.75) is 27.3 Å². The predicted octanol–water partition coefficient (Wildman–Crippen LogP) is 3.09. The smallest absolute Gasteiger partial charge is 0.338 e. The van der Waals surface area contributed by atoms with Crippen molar-refractivity contribution in [2.24, 2.45) is 0 Å². The largest absolute Gasteiger partial charge is 0.452 e. The van der Waals surface area contributed by atoms with Gasteiger partial charge in [-0.2, -0.15) is 0 Å². The van der Waals surface area contributed by atoms with E-state index in [9.17, 15) is 9.59 Å². The summed E-state index contributed by atoms with van der Waals surface area (Å²) >= 11 is 0. The summed E-state index contributed by atoms with van der Waals surface area (Å²) in [6.07, 6.45) is 0. The van der Waals surface area contributed by atoms with Gasteiger partial charge in [0, 0.05) is 6.54 Å². The van der Waals surface area contributed by atoms with Gasteiger partial charge >= 0.3 is 5.97 Å². The Morgan fingerprint density at radius 3 is 2.48 bits per heavy atom. The highest BCUT2D eigenvalue weighted by Gasteiger charge is 2.10. The Bertz CT molecular complexity index is 722. The SMILES string of the molecule is Cc1cccc(CNC(=O)COC(=O)c2ccc(C)c(C)c2)c1. The molecule has 0 saturated carbocycles. The zero-order valence-electron chi connectivity index (χ0n) is 13.7. The Balaban J connectivity index is 1.81. The molecule has 4 nitrogen and oxygen atoms in total. The first-order chi connectivity index (χ1) is 11.0.